The van der Waals surface area contributed by atoms with Crippen molar-refractivity contribution in [1.29, 1.82) is 0 Å². The maximum atomic E-state index is 11.8. The first-order valence-corrected chi connectivity index (χ1v) is 5.39. The normalized spacial score (nSPS) is 27.1. The molecule has 0 radical (unpaired) electrons. The Morgan fingerprint density at radius 3 is 2.71 bits per heavy atom. The van der Waals surface area contributed by atoms with Crippen LogP contribution in [-0.4, -0.2) is 48.6 Å². The molecule has 0 spiro atoms. The number of carboxylic acid groups (broad SMARTS) is 1. The van der Waals surface area contributed by atoms with Crippen LogP contribution in [0.25, 0.3) is 0 Å². The molecule has 0 saturated carbocycles. The minimum Gasteiger partial charge on any atom is -0.481 e. The summed E-state index contributed by atoms with van der Waals surface area (Å²) in [7, 11) is 0. The molecule has 0 aromatic rings. The molecule has 17 heavy (non-hydrogen) atoms. The van der Waals surface area contributed by atoms with Crippen LogP contribution in [0.3, 0.4) is 0 Å². The summed E-state index contributed by atoms with van der Waals surface area (Å²) >= 11 is 0. The molecule has 1 fully saturated rings. The number of alkyl halides is 3. The SMILES string of the molecule is CC1(C(=O)O)CCCN(CCOC(F)(F)F)C1. The van der Waals surface area contributed by atoms with Crippen LogP contribution in [0.4, 0.5) is 13.2 Å². The fourth-order valence-corrected chi connectivity index (χ4v) is 2.00. The number of piperidine rings is 1. The van der Waals surface area contributed by atoms with E-state index in [1.807, 2.05) is 0 Å². The number of hydrogen-bond acceptors (Lipinski definition) is 3. The molecule has 0 amide bonds. The van der Waals surface area contributed by atoms with Crippen LogP contribution in [0.1, 0.15) is 19.8 Å². The second kappa shape index (κ2) is 5.22. The van der Waals surface area contributed by atoms with Gasteiger partial charge in [-0.3, -0.25) is 14.4 Å². The smallest absolute Gasteiger partial charge is 0.481 e. The Morgan fingerprint density at radius 1 is 1.53 bits per heavy atom. The van der Waals surface area contributed by atoms with Gasteiger partial charge < -0.3 is 5.11 Å². The van der Waals surface area contributed by atoms with Crippen LogP contribution in [0.2, 0.25) is 0 Å². The maximum absolute atomic E-state index is 11.8. The molecular weight excluding hydrogens is 239 g/mol. The molecule has 100 valence electrons. The number of aliphatic carboxylic acids is 1. The molecule has 1 aliphatic rings. The molecule has 1 aliphatic heterocycles. The van der Waals surface area contributed by atoms with E-state index >= 15 is 0 Å². The lowest BCUT2D eigenvalue weighted by atomic mass is 9.82. The van der Waals surface area contributed by atoms with Gasteiger partial charge in [-0.15, -0.1) is 13.2 Å². The first kappa shape index (κ1) is 14.2. The van der Waals surface area contributed by atoms with Crippen molar-refractivity contribution in [3.05, 3.63) is 0 Å². The molecule has 0 aromatic carbocycles. The van der Waals surface area contributed by atoms with Gasteiger partial charge in [0.15, 0.2) is 0 Å². The minimum absolute atomic E-state index is 0.0996. The van der Waals surface area contributed by atoms with Crippen LogP contribution in [0, 0.1) is 5.41 Å². The Labute approximate surface area is 97.3 Å². The summed E-state index contributed by atoms with van der Waals surface area (Å²) in [6.45, 7) is 2.14. The van der Waals surface area contributed by atoms with Crippen molar-refractivity contribution in [2.24, 2.45) is 5.41 Å². The predicted molar refractivity (Wildman–Crippen MR) is 53.4 cm³/mol. The van der Waals surface area contributed by atoms with Crippen molar-refractivity contribution in [3.63, 3.8) is 0 Å². The first-order valence-electron chi connectivity index (χ1n) is 5.39. The third-order valence-electron chi connectivity index (χ3n) is 2.97. The average Bonchev–Trinajstić information content (AvgIpc) is 2.15. The van der Waals surface area contributed by atoms with E-state index in [0.717, 1.165) is 0 Å². The summed E-state index contributed by atoms with van der Waals surface area (Å²) in [4.78, 5) is 12.7. The van der Waals surface area contributed by atoms with Crippen molar-refractivity contribution in [3.8, 4) is 0 Å². The standard InChI is InChI=1S/C10H16F3NO3/c1-9(8(15)16)3-2-4-14(7-9)5-6-17-10(11,12)13/h2-7H2,1H3,(H,15,16). The zero-order chi connectivity index (χ0) is 13.1. The van der Waals surface area contributed by atoms with Gasteiger partial charge in [-0.05, 0) is 26.3 Å². The topological polar surface area (TPSA) is 49.8 Å². The van der Waals surface area contributed by atoms with Crippen molar-refractivity contribution >= 4 is 5.97 Å². The zero-order valence-electron chi connectivity index (χ0n) is 9.59. The number of nitrogens with zero attached hydrogens (tertiary/aromatic N) is 1. The van der Waals surface area contributed by atoms with Gasteiger partial charge in [-0.1, -0.05) is 0 Å². The molecule has 0 bridgehead atoms. The van der Waals surface area contributed by atoms with Crippen molar-refractivity contribution in [2.45, 2.75) is 26.1 Å². The minimum atomic E-state index is -4.62. The lowest BCUT2D eigenvalue weighted by molar-refractivity contribution is -0.325. The molecule has 1 N–H and O–H groups in total. The van der Waals surface area contributed by atoms with E-state index in [2.05, 4.69) is 4.74 Å². The number of carbonyl (C=O) groups is 1. The second-order valence-electron chi connectivity index (χ2n) is 4.54. The van der Waals surface area contributed by atoms with Crippen LogP contribution in [0.15, 0.2) is 0 Å². The van der Waals surface area contributed by atoms with Crippen molar-refractivity contribution in [1.82, 2.24) is 4.90 Å². The summed E-state index contributed by atoms with van der Waals surface area (Å²) in [6.07, 6.45) is -3.39. The van der Waals surface area contributed by atoms with Gasteiger partial charge in [0.05, 0.1) is 12.0 Å². The van der Waals surface area contributed by atoms with Gasteiger partial charge in [-0.25, -0.2) is 0 Å². The molecule has 0 aliphatic carbocycles. The van der Waals surface area contributed by atoms with E-state index < -0.39 is 24.4 Å². The molecule has 1 saturated heterocycles. The van der Waals surface area contributed by atoms with Gasteiger partial charge >= 0.3 is 12.3 Å². The van der Waals surface area contributed by atoms with E-state index in [1.54, 1.807) is 11.8 Å². The van der Waals surface area contributed by atoms with Gasteiger partial charge in [-0.2, -0.15) is 0 Å². The number of halogens is 3. The first-order chi connectivity index (χ1) is 7.73. The van der Waals surface area contributed by atoms with Crippen LogP contribution in [0.5, 0.6) is 0 Å². The summed E-state index contributed by atoms with van der Waals surface area (Å²) in [5.41, 5.74) is -0.865. The lowest BCUT2D eigenvalue weighted by Gasteiger charge is -2.37. The van der Waals surface area contributed by atoms with Crippen LogP contribution < -0.4 is 0 Å². The van der Waals surface area contributed by atoms with Gasteiger partial charge in [0.2, 0.25) is 0 Å². The molecule has 1 unspecified atom stereocenters. The molecular formula is C10H16F3NO3. The summed E-state index contributed by atoms with van der Waals surface area (Å²) in [5.74, 6) is -0.904. The number of hydrogen-bond donors (Lipinski definition) is 1. The molecule has 1 atom stereocenters. The van der Waals surface area contributed by atoms with E-state index in [1.165, 1.54) is 0 Å². The van der Waals surface area contributed by atoms with Gasteiger partial charge in [0.25, 0.3) is 0 Å². The van der Waals surface area contributed by atoms with E-state index in [9.17, 15) is 18.0 Å². The van der Waals surface area contributed by atoms with Gasteiger partial charge in [0.1, 0.15) is 0 Å². The van der Waals surface area contributed by atoms with Crippen molar-refractivity contribution in [2.75, 3.05) is 26.2 Å². The molecule has 1 rings (SSSR count). The highest BCUT2D eigenvalue weighted by Gasteiger charge is 2.38. The highest BCUT2D eigenvalue weighted by molar-refractivity contribution is 5.74. The zero-order valence-corrected chi connectivity index (χ0v) is 9.59. The number of likely N-dealkylation sites (tertiary alicyclic amines) is 1. The summed E-state index contributed by atoms with van der Waals surface area (Å²) in [5, 5.41) is 9.03. The Bertz CT molecular complexity index is 282. The Balaban J connectivity index is 2.38. The lowest BCUT2D eigenvalue weighted by Crippen LogP contribution is -2.47. The average molecular weight is 255 g/mol. The van der Waals surface area contributed by atoms with Crippen LogP contribution >= 0.6 is 0 Å². The largest absolute Gasteiger partial charge is 0.522 e. The predicted octanol–water partition coefficient (Wildman–Crippen LogP) is 1.71. The Hall–Kier alpha value is -0.820. The maximum Gasteiger partial charge on any atom is 0.522 e. The molecule has 4 nitrogen and oxygen atoms in total. The summed E-state index contributed by atoms with van der Waals surface area (Å²) in [6, 6.07) is 0. The number of ether oxygens (including phenoxy) is 1. The van der Waals surface area contributed by atoms with Gasteiger partial charge in [0, 0.05) is 13.1 Å². The fourth-order valence-electron chi connectivity index (χ4n) is 2.00. The summed E-state index contributed by atoms with van der Waals surface area (Å²) < 4.78 is 38.9. The quantitative estimate of drug-likeness (QED) is 0.830. The highest BCUT2D eigenvalue weighted by atomic mass is 19.4. The highest BCUT2D eigenvalue weighted by Crippen LogP contribution is 2.29. The van der Waals surface area contributed by atoms with E-state index in [-0.39, 0.29) is 13.1 Å². The molecule has 7 heteroatoms. The third kappa shape index (κ3) is 4.51. The Kier molecular flexibility index (Phi) is 4.37. The van der Waals surface area contributed by atoms with E-state index in [0.29, 0.717) is 19.4 Å². The number of rotatable bonds is 4. The molecule has 1 heterocycles. The third-order valence-corrected chi connectivity index (χ3v) is 2.97. The van der Waals surface area contributed by atoms with Crippen molar-refractivity contribution < 1.29 is 27.8 Å². The fraction of sp³-hybridized carbons (Fsp3) is 0.900. The van der Waals surface area contributed by atoms with Crippen LogP contribution in [-0.2, 0) is 9.53 Å². The Morgan fingerprint density at radius 2 is 2.18 bits per heavy atom. The number of carboxylic acids is 1. The monoisotopic (exact) mass is 255 g/mol. The second-order valence-corrected chi connectivity index (χ2v) is 4.54. The van der Waals surface area contributed by atoms with E-state index in [4.69, 9.17) is 5.11 Å². The molecule has 0 aromatic heterocycles.